The van der Waals surface area contributed by atoms with Crippen molar-refractivity contribution in [2.45, 2.75) is 26.4 Å². The van der Waals surface area contributed by atoms with E-state index in [0.29, 0.717) is 22.7 Å². The van der Waals surface area contributed by atoms with Gasteiger partial charge >= 0.3 is 0 Å². The average Bonchev–Trinajstić information content (AvgIpc) is 2.48. The highest BCUT2D eigenvalue weighted by molar-refractivity contribution is 6.04. The Morgan fingerprint density at radius 3 is 2.35 bits per heavy atom. The van der Waals surface area contributed by atoms with Crippen molar-refractivity contribution >= 4 is 11.6 Å². The zero-order chi connectivity index (χ0) is 14.5. The van der Waals surface area contributed by atoms with Crippen LogP contribution in [0.5, 0.6) is 0 Å². The largest absolute Gasteiger partial charge is 0.392 e. The maximum absolute atomic E-state index is 12.2. The fraction of sp³-hybridized carbons (Fsp3) is 0.235. The van der Waals surface area contributed by atoms with Gasteiger partial charge in [-0.2, -0.15) is 0 Å². The Bertz CT molecular complexity index is 588. The molecule has 0 aliphatic heterocycles. The Morgan fingerprint density at radius 1 is 1.10 bits per heavy atom. The molecule has 0 heterocycles. The van der Waals surface area contributed by atoms with Crippen LogP contribution >= 0.6 is 0 Å². The van der Waals surface area contributed by atoms with Crippen LogP contribution in [0.4, 0.5) is 5.69 Å². The third-order valence-corrected chi connectivity index (χ3v) is 3.28. The molecule has 0 saturated carbocycles. The number of hydrogen-bond acceptors (Lipinski definition) is 2. The van der Waals surface area contributed by atoms with E-state index < -0.39 is 0 Å². The van der Waals surface area contributed by atoms with E-state index in [9.17, 15) is 9.90 Å². The summed E-state index contributed by atoms with van der Waals surface area (Å²) in [5, 5.41) is 12.1. The van der Waals surface area contributed by atoms with Crippen LogP contribution in [0.25, 0.3) is 0 Å². The van der Waals surface area contributed by atoms with Crippen molar-refractivity contribution in [3.63, 3.8) is 0 Å². The summed E-state index contributed by atoms with van der Waals surface area (Å²) in [6, 6.07) is 14.8. The number of anilines is 1. The lowest BCUT2D eigenvalue weighted by Gasteiger charge is -2.10. The molecular weight excluding hydrogens is 250 g/mol. The summed E-state index contributed by atoms with van der Waals surface area (Å²) in [6.07, 6.45) is 0. The van der Waals surface area contributed by atoms with Gasteiger partial charge < -0.3 is 10.4 Å². The molecule has 2 N–H and O–H groups in total. The molecule has 0 unspecified atom stereocenters. The van der Waals surface area contributed by atoms with Crippen LogP contribution in [0.2, 0.25) is 0 Å². The van der Waals surface area contributed by atoms with Gasteiger partial charge in [-0.3, -0.25) is 4.79 Å². The van der Waals surface area contributed by atoms with Crippen LogP contribution in [-0.2, 0) is 6.61 Å². The molecule has 0 aliphatic carbocycles. The van der Waals surface area contributed by atoms with E-state index in [1.807, 2.05) is 36.4 Å². The lowest BCUT2D eigenvalue weighted by atomic mass is 10.0. The zero-order valence-electron chi connectivity index (χ0n) is 11.8. The molecule has 0 aromatic heterocycles. The third kappa shape index (κ3) is 3.25. The normalized spacial score (nSPS) is 10.6. The number of aliphatic hydroxyl groups is 1. The Balaban J connectivity index is 2.15. The number of carbonyl (C=O) groups excluding carboxylic acids is 1. The van der Waals surface area contributed by atoms with Crippen molar-refractivity contribution in [1.29, 1.82) is 0 Å². The van der Waals surface area contributed by atoms with Crippen LogP contribution in [0.3, 0.4) is 0 Å². The van der Waals surface area contributed by atoms with Gasteiger partial charge in [0, 0.05) is 16.8 Å². The summed E-state index contributed by atoms with van der Waals surface area (Å²) >= 11 is 0. The summed E-state index contributed by atoms with van der Waals surface area (Å²) in [7, 11) is 0. The van der Waals surface area contributed by atoms with Crippen LogP contribution in [0, 0.1) is 0 Å². The predicted molar refractivity (Wildman–Crippen MR) is 80.8 cm³/mol. The van der Waals surface area contributed by atoms with Gasteiger partial charge in [0.25, 0.3) is 5.91 Å². The fourth-order valence-electron chi connectivity index (χ4n) is 1.99. The molecule has 0 bridgehead atoms. The van der Waals surface area contributed by atoms with E-state index in [1.54, 1.807) is 12.1 Å². The van der Waals surface area contributed by atoms with Crippen LogP contribution in [-0.4, -0.2) is 11.0 Å². The molecule has 1 amide bonds. The van der Waals surface area contributed by atoms with E-state index in [2.05, 4.69) is 19.2 Å². The van der Waals surface area contributed by atoms with Gasteiger partial charge in [0.15, 0.2) is 0 Å². The van der Waals surface area contributed by atoms with E-state index in [4.69, 9.17) is 0 Å². The summed E-state index contributed by atoms with van der Waals surface area (Å²) in [4.78, 5) is 12.2. The van der Waals surface area contributed by atoms with E-state index in [1.165, 1.54) is 5.56 Å². The summed E-state index contributed by atoms with van der Waals surface area (Å²) < 4.78 is 0. The van der Waals surface area contributed by atoms with Gasteiger partial charge in [0.05, 0.1) is 6.61 Å². The van der Waals surface area contributed by atoms with Gasteiger partial charge in [0.2, 0.25) is 0 Å². The Hall–Kier alpha value is -2.13. The number of rotatable bonds is 4. The molecule has 0 fully saturated rings. The minimum Gasteiger partial charge on any atom is -0.392 e. The standard InChI is InChI=1S/C17H19NO2/c1-12(2)13-7-9-14(10-8-13)17(20)18-16-6-4-3-5-15(16)11-19/h3-10,12,19H,11H2,1-2H3,(H,18,20). The molecule has 0 atom stereocenters. The van der Waals surface area contributed by atoms with Gasteiger partial charge in [-0.1, -0.05) is 44.2 Å². The third-order valence-electron chi connectivity index (χ3n) is 3.28. The molecule has 3 heteroatoms. The van der Waals surface area contributed by atoms with Crippen molar-refractivity contribution < 1.29 is 9.90 Å². The van der Waals surface area contributed by atoms with Gasteiger partial charge in [-0.25, -0.2) is 0 Å². The smallest absolute Gasteiger partial charge is 0.255 e. The molecule has 2 rings (SSSR count). The molecule has 0 aliphatic rings. The maximum atomic E-state index is 12.2. The summed E-state index contributed by atoms with van der Waals surface area (Å²) in [6.45, 7) is 4.14. The SMILES string of the molecule is CC(C)c1ccc(C(=O)Nc2ccccc2CO)cc1. The van der Waals surface area contributed by atoms with Crippen molar-refractivity contribution in [3.05, 3.63) is 65.2 Å². The van der Waals surface area contributed by atoms with E-state index >= 15 is 0 Å². The highest BCUT2D eigenvalue weighted by Gasteiger charge is 2.09. The van der Waals surface area contributed by atoms with Crippen LogP contribution < -0.4 is 5.32 Å². The zero-order valence-corrected chi connectivity index (χ0v) is 11.8. The number of nitrogens with one attached hydrogen (secondary N) is 1. The molecule has 0 spiro atoms. The topological polar surface area (TPSA) is 49.3 Å². The quantitative estimate of drug-likeness (QED) is 0.891. The lowest BCUT2D eigenvalue weighted by Crippen LogP contribution is -2.13. The fourth-order valence-corrected chi connectivity index (χ4v) is 1.99. The first-order valence-corrected chi connectivity index (χ1v) is 6.72. The first-order chi connectivity index (χ1) is 9.61. The highest BCUT2D eigenvalue weighted by atomic mass is 16.3. The Labute approximate surface area is 119 Å². The number of para-hydroxylation sites is 1. The monoisotopic (exact) mass is 269 g/mol. The molecule has 2 aromatic carbocycles. The molecule has 0 saturated heterocycles. The second-order valence-corrected chi connectivity index (χ2v) is 5.05. The number of aliphatic hydroxyl groups excluding tert-OH is 1. The van der Waals surface area contributed by atoms with Crippen LogP contribution in [0.1, 0.15) is 41.3 Å². The Morgan fingerprint density at radius 2 is 1.75 bits per heavy atom. The van der Waals surface area contributed by atoms with Crippen LogP contribution in [0.15, 0.2) is 48.5 Å². The van der Waals surface area contributed by atoms with Gasteiger partial charge in [-0.05, 0) is 29.7 Å². The summed E-state index contributed by atoms with van der Waals surface area (Å²) in [5.74, 6) is 0.281. The number of amides is 1. The predicted octanol–water partition coefficient (Wildman–Crippen LogP) is 3.55. The molecule has 3 nitrogen and oxygen atoms in total. The minimum absolute atomic E-state index is 0.0945. The average molecular weight is 269 g/mol. The second-order valence-electron chi connectivity index (χ2n) is 5.05. The highest BCUT2D eigenvalue weighted by Crippen LogP contribution is 2.18. The van der Waals surface area contributed by atoms with Gasteiger partial charge in [0.1, 0.15) is 0 Å². The minimum atomic E-state index is -0.166. The summed E-state index contributed by atoms with van der Waals surface area (Å²) in [5.41, 5.74) is 3.17. The van der Waals surface area contributed by atoms with E-state index in [0.717, 1.165) is 0 Å². The maximum Gasteiger partial charge on any atom is 0.255 e. The Kier molecular flexibility index (Phi) is 4.53. The van der Waals surface area contributed by atoms with E-state index in [-0.39, 0.29) is 12.5 Å². The first-order valence-electron chi connectivity index (χ1n) is 6.72. The second kappa shape index (κ2) is 6.35. The van der Waals surface area contributed by atoms with Crippen molar-refractivity contribution in [2.75, 3.05) is 5.32 Å². The molecule has 2 aromatic rings. The lowest BCUT2D eigenvalue weighted by molar-refractivity contribution is 0.102. The van der Waals surface area contributed by atoms with Crippen molar-refractivity contribution in [1.82, 2.24) is 0 Å². The molecule has 0 radical (unpaired) electrons. The molecule has 20 heavy (non-hydrogen) atoms. The molecule has 104 valence electrons. The van der Waals surface area contributed by atoms with Crippen molar-refractivity contribution in [3.8, 4) is 0 Å². The number of hydrogen-bond donors (Lipinski definition) is 2. The number of benzene rings is 2. The first kappa shape index (κ1) is 14.3. The number of carbonyl (C=O) groups is 1. The molecular formula is C17H19NO2. The van der Waals surface area contributed by atoms with Gasteiger partial charge in [-0.15, -0.1) is 0 Å². The van der Waals surface area contributed by atoms with Crippen molar-refractivity contribution in [2.24, 2.45) is 0 Å².